The molecule has 0 saturated heterocycles. The summed E-state index contributed by atoms with van der Waals surface area (Å²) >= 11 is 5.85. The molecule has 0 aliphatic carbocycles. The Bertz CT molecular complexity index is 1010. The first kappa shape index (κ1) is 20.7. The number of amides is 2. The van der Waals surface area contributed by atoms with Gasteiger partial charge >= 0.3 is 12.4 Å². The minimum atomic E-state index is -5.09. The minimum Gasteiger partial charge on any atom is -0.328 e. The van der Waals surface area contributed by atoms with Crippen LogP contribution >= 0.6 is 11.6 Å². The Hall–Kier alpha value is -3.01. The van der Waals surface area contributed by atoms with Crippen LogP contribution in [0, 0.1) is 0 Å². The van der Waals surface area contributed by atoms with E-state index in [0.717, 1.165) is 6.20 Å². The number of hydrogen-bond donors (Lipinski definition) is 2. The van der Waals surface area contributed by atoms with E-state index >= 15 is 0 Å². The highest BCUT2D eigenvalue weighted by Crippen LogP contribution is 2.36. The molecule has 29 heavy (non-hydrogen) atoms. The van der Waals surface area contributed by atoms with Gasteiger partial charge < -0.3 is 10.6 Å². The van der Waals surface area contributed by atoms with Gasteiger partial charge in [0, 0.05) is 28.0 Å². The van der Waals surface area contributed by atoms with Gasteiger partial charge in [-0.2, -0.15) is 26.3 Å². The van der Waals surface area contributed by atoms with Crippen LogP contribution in [0.15, 0.2) is 42.6 Å². The van der Waals surface area contributed by atoms with E-state index in [1.807, 2.05) is 5.32 Å². The lowest BCUT2D eigenvalue weighted by molar-refractivity contribution is -0.143. The summed E-state index contributed by atoms with van der Waals surface area (Å²) in [4.78, 5) is 24.2. The van der Waals surface area contributed by atoms with Crippen LogP contribution in [0.2, 0.25) is 5.02 Å². The Morgan fingerprint density at radius 3 is 2.10 bits per heavy atom. The van der Waals surface area contributed by atoms with E-state index in [1.165, 1.54) is 18.2 Å². The van der Waals surface area contributed by atoms with Gasteiger partial charge in [-0.3, -0.25) is 9.59 Å². The van der Waals surface area contributed by atoms with Crippen LogP contribution in [0.1, 0.15) is 27.0 Å². The molecule has 11 heteroatoms. The van der Waals surface area contributed by atoms with E-state index in [1.54, 1.807) is 0 Å². The van der Waals surface area contributed by atoms with Crippen LogP contribution in [0.3, 0.4) is 0 Å². The number of nitrogens with one attached hydrogen (secondary N) is 2. The zero-order valence-corrected chi connectivity index (χ0v) is 14.8. The monoisotopic (exact) mass is 434 g/mol. The standard InChI is InChI=1S/C18H9ClF6N2O2/c19-11-1-2-14-12(6-11)13(16(29)27-14)7-26-15(28)8-3-9(17(20,21)22)5-10(4-8)18(23,24)25/h1-7H,(H,26,28)(H,27,29). The molecule has 0 fully saturated rings. The number of hydrogen-bond acceptors (Lipinski definition) is 2. The maximum atomic E-state index is 12.9. The summed E-state index contributed by atoms with van der Waals surface area (Å²) in [5, 5.41) is 4.81. The van der Waals surface area contributed by atoms with Crippen molar-refractivity contribution in [3.63, 3.8) is 0 Å². The first-order valence-corrected chi connectivity index (χ1v) is 8.16. The molecule has 0 atom stereocenters. The fourth-order valence-corrected chi connectivity index (χ4v) is 2.78. The van der Waals surface area contributed by atoms with Crippen molar-refractivity contribution in [3.8, 4) is 0 Å². The second-order valence-corrected chi connectivity index (χ2v) is 6.41. The van der Waals surface area contributed by atoms with Crippen LogP contribution < -0.4 is 10.6 Å². The fraction of sp³-hybridized carbons (Fsp3) is 0.111. The normalized spacial score (nSPS) is 15.3. The summed E-state index contributed by atoms with van der Waals surface area (Å²) in [5.41, 5.74) is -3.46. The highest BCUT2D eigenvalue weighted by molar-refractivity contribution is 6.34. The van der Waals surface area contributed by atoms with Crippen molar-refractivity contribution in [1.82, 2.24) is 5.32 Å². The molecule has 2 N–H and O–H groups in total. The number of alkyl halides is 6. The molecule has 152 valence electrons. The summed E-state index contributed by atoms with van der Waals surface area (Å²) < 4.78 is 77.5. The third-order valence-electron chi connectivity index (χ3n) is 3.96. The molecule has 2 aromatic carbocycles. The summed E-state index contributed by atoms with van der Waals surface area (Å²) in [6.45, 7) is 0. The van der Waals surface area contributed by atoms with E-state index in [-0.39, 0.29) is 16.7 Å². The molecule has 1 aliphatic rings. The summed E-state index contributed by atoms with van der Waals surface area (Å²) in [6.07, 6.45) is -9.28. The number of carbonyl (C=O) groups is 2. The summed E-state index contributed by atoms with van der Waals surface area (Å²) in [7, 11) is 0. The quantitative estimate of drug-likeness (QED) is 0.510. The molecule has 2 aromatic rings. The highest BCUT2D eigenvalue weighted by Gasteiger charge is 2.37. The van der Waals surface area contributed by atoms with Crippen molar-refractivity contribution in [2.75, 3.05) is 5.32 Å². The smallest absolute Gasteiger partial charge is 0.328 e. The lowest BCUT2D eigenvalue weighted by Gasteiger charge is -2.13. The van der Waals surface area contributed by atoms with E-state index in [2.05, 4.69) is 5.32 Å². The number of benzene rings is 2. The largest absolute Gasteiger partial charge is 0.416 e. The third kappa shape index (κ3) is 4.37. The molecule has 1 heterocycles. The van der Waals surface area contributed by atoms with Gasteiger partial charge in [0.1, 0.15) is 0 Å². The van der Waals surface area contributed by atoms with Gasteiger partial charge in [-0.25, -0.2) is 0 Å². The van der Waals surface area contributed by atoms with Crippen LogP contribution in [0.5, 0.6) is 0 Å². The molecule has 0 bridgehead atoms. The first-order valence-electron chi connectivity index (χ1n) is 7.78. The molecular weight excluding hydrogens is 426 g/mol. The van der Waals surface area contributed by atoms with E-state index in [0.29, 0.717) is 23.4 Å². The Labute approximate surface area is 164 Å². The van der Waals surface area contributed by atoms with Gasteiger partial charge in [0.05, 0.1) is 16.7 Å². The molecule has 0 aromatic heterocycles. The zero-order chi connectivity index (χ0) is 21.6. The second kappa shape index (κ2) is 7.11. The summed E-state index contributed by atoms with van der Waals surface area (Å²) in [6, 6.07) is 4.92. The Kier molecular flexibility index (Phi) is 5.08. The zero-order valence-electron chi connectivity index (χ0n) is 14.0. The maximum absolute atomic E-state index is 12.9. The molecular formula is C18H9ClF6N2O2. The predicted molar refractivity (Wildman–Crippen MR) is 92.0 cm³/mol. The maximum Gasteiger partial charge on any atom is 0.416 e. The molecule has 0 saturated carbocycles. The van der Waals surface area contributed by atoms with E-state index in [9.17, 15) is 35.9 Å². The van der Waals surface area contributed by atoms with Gasteiger partial charge in [-0.1, -0.05) is 11.6 Å². The van der Waals surface area contributed by atoms with Crippen molar-refractivity contribution in [2.24, 2.45) is 0 Å². The number of halogens is 7. The van der Waals surface area contributed by atoms with E-state index < -0.39 is 40.9 Å². The fourth-order valence-electron chi connectivity index (χ4n) is 2.61. The molecule has 3 rings (SSSR count). The number of anilines is 1. The predicted octanol–water partition coefficient (Wildman–Crippen LogP) is 5.10. The van der Waals surface area contributed by atoms with Gasteiger partial charge in [0.15, 0.2) is 0 Å². The van der Waals surface area contributed by atoms with E-state index in [4.69, 9.17) is 11.6 Å². The van der Waals surface area contributed by atoms with Gasteiger partial charge in [0.2, 0.25) is 0 Å². The second-order valence-electron chi connectivity index (χ2n) is 5.97. The SMILES string of the molecule is O=C1Nc2ccc(Cl)cc2C1=CNC(=O)c1cc(C(F)(F)F)cc(C(F)(F)F)c1. The molecule has 1 aliphatic heterocycles. The average Bonchev–Trinajstić information content (AvgIpc) is 2.92. The van der Waals surface area contributed by atoms with Gasteiger partial charge in [-0.15, -0.1) is 0 Å². The van der Waals surface area contributed by atoms with Crippen molar-refractivity contribution in [1.29, 1.82) is 0 Å². The first-order chi connectivity index (χ1) is 13.4. The van der Waals surface area contributed by atoms with Crippen LogP contribution in [-0.4, -0.2) is 11.8 Å². The van der Waals surface area contributed by atoms with Crippen molar-refractivity contribution in [2.45, 2.75) is 12.4 Å². The Morgan fingerprint density at radius 2 is 1.55 bits per heavy atom. The lowest BCUT2D eigenvalue weighted by Crippen LogP contribution is -2.21. The third-order valence-corrected chi connectivity index (χ3v) is 4.20. The van der Waals surface area contributed by atoms with Crippen LogP contribution in [-0.2, 0) is 17.1 Å². The Balaban J connectivity index is 1.95. The van der Waals surface area contributed by atoms with Gasteiger partial charge in [0.25, 0.3) is 11.8 Å². The summed E-state index contributed by atoms with van der Waals surface area (Å²) in [5.74, 6) is -1.88. The molecule has 2 amide bonds. The van der Waals surface area contributed by atoms with Gasteiger partial charge in [-0.05, 0) is 36.4 Å². The Morgan fingerprint density at radius 1 is 0.966 bits per heavy atom. The van der Waals surface area contributed by atoms with Crippen LogP contribution in [0.25, 0.3) is 5.57 Å². The lowest BCUT2D eigenvalue weighted by atomic mass is 10.0. The number of fused-ring (bicyclic) bond motifs is 1. The molecule has 4 nitrogen and oxygen atoms in total. The van der Waals surface area contributed by atoms with Crippen LogP contribution in [0.4, 0.5) is 32.0 Å². The van der Waals surface area contributed by atoms with Crippen molar-refractivity contribution < 1.29 is 35.9 Å². The molecule has 0 spiro atoms. The number of rotatable bonds is 2. The highest BCUT2D eigenvalue weighted by atomic mass is 35.5. The molecule has 0 radical (unpaired) electrons. The topological polar surface area (TPSA) is 58.2 Å². The number of carbonyl (C=O) groups excluding carboxylic acids is 2. The minimum absolute atomic E-state index is 0.0566. The van der Waals surface area contributed by atoms with Crippen molar-refractivity contribution in [3.05, 3.63) is 69.9 Å². The average molecular weight is 435 g/mol. The molecule has 0 unspecified atom stereocenters. The van der Waals surface area contributed by atoms with Crippen molar-refractivity contribution >= 4 is 34.7 Å².